The second-order valence-corrected chi connectivity index (χ2v) is 5.98. The van der Waals surface area contributed by atoms with Gasteiger partial charge in [-0.05, 0) is 54.1 Å². The second-order valence-electron chi connectivity index (χ2n) is 5.54. The predicted octanol–water partition coefficient (Wildman–Crippen LogP) is 4.36. The maximum Gasteiger partial charge on any atom is 0.279 e. The van der Waals surface area contributed by atoms with Crippen molar-refractivity contribution < 1.29 is 14.0 Å². The number of carbonyl (C=O) groups is 2. The van der Waals surface area contributed by atoms with Crippen LogP contribution in [0.1, 0.15) is 26.4 Å². The average Bonchev–Trinajstić information content (AvgIpc) is 2.68. The van der Waals surface area contributed by atoms with Gasteiger partial charge in [0.15, 0.2) is 0 Å². The summed E-state index contributed by atoms with van der Waals surface area (Å²) in [6.07, 6.45) is 1.48. The van der Waals surface area contributed by atoms with E-state index in [-0.39, 0.29) is 18.1 Å². The Bertz CT molecular complexity index is 913. The van der Waals surface area contributed by atoms with E-state index in [2.05, 4.69) is 4.98 Å². The van der Waals surface area contributed by atoms with Gasteiger partial charge in [0.25, 0.3) is 11.8 Å². The van der Waals surface area contributed by atoms with E-state index in [1.54, 1.807) is 36.4 Å². The van der Waals surface area contributed by atoms with Gasteiger partial charge < -0.3 is 0 Å². The molecule has 6 heteroatoms. The van der Waals surface area contributed by atoms with Gasteiger partial charge in [0.2, 0.25) is 0 Å². The number of imide groups is 1. The van der Waals surface area contributed by atoms with Crippen molar-refractivity contribution in [3.05, 3.63) is 101 Å². The van der Waals surface area contributed by atoms with E-state index in [1.807, 2.05) is 0 Å². The Kier molecular flexibility index (Phi) is 5.39. The van der Waals surface area contributed by atoms with Crippen molar-refractivity contribution in [2.75, 3.05) is 0 Å². The summed E-state index contributed by atoms with van der Waals surface area (Å²) in [4.78, 5) is 30.8. The lowest BCUT2D eigenvalue weighted by molar-refractivity contribution is 0.0600. The van der Waals surface area contributed by atoms with E-state index in [9.17, 15) is 14.0 Å². The van der Waals surface area contributed by atoms with Gasteiger partial charge in [0.1, 0.15) is 11.5 Å². The molecule has 130 valence electrons. The van der Waals surface area contributed by atoms with Crippen molar-refractivity contribution in [3.63, 3.8) is 0 Å². The van der Waals surface area contributed by atoms with Crippen LogP contribution in [0.25, 0.3) is 0 Å². The Morgan fingerprint density at radius 3 is 2.23 bits per heavy atom. The van der Waals surface area contributed by atoms with Crippen LogP contribution < -0.4 is 0 Å². The van der Waals surface area contributed by atoms with Gasteiger partial charge in [-0.25, -0.2) is 4.39 Å². The molecule has 0 N–H and O–H groups in total. The number of pyridine rings is 1. The summed E-state index contributed by atoms with van der Waals surface area (Å²) in [5, 5.41) is 0.489. The summed E-state index contributed by atoms with van der Waals surface area (Å²) in [6, 6.07) is 16.8. The first kappa shape index (κ1) is 17.8. The summed E-state index contributed by atoms with van der Waals surface area (Å²) in [7, 11) is 0. The number of hydrogen-bond donors (Lipinski definition) is 0. The maximum atomic E-state index is 13.1. The summed E-state index contributed by atoms with van der Waals surface area (Å²) < 4.78 is 13.1. The second kappa shape index (κ2) is 7.89. The van der Waals surface area contributed by atoms with E-state index in [4.69, 9.17) is 11.6 Å². The van der Waals surface area contributed by atoms with Crippen LogP contribution in [-0.2, 0) is 6.54 Å². The number of rotatable bonds is 4. The number of hydrogen-bond acceptors (Lipinski definition) is 3. The molecule has 3 rings (SSSR count). The van der Waals surface area contributed by atoms with Gasteiger partial charge in [-0.3, -0.25) is 19.5 Å². The van der Waals surface area contributed by atoms with E-state index >= 15 is 0 Å². The molecule has 1 aromatic heterocycles. The third-order valence-corrected chi connectivity index (χ3v) is 3.97. The maximum absolute atomic E-state index is 13.1. The van der Waals surface area contributed by atoms with Crippen molar-refractivity contribution in [1.82, 2.24) is 9.88 Å². The lowest BCUT2D eigenvalue weighted by atomic mass is 10.1. The van der Waals surface area contributed by atoms with Crippen LogP contribution in [0.4, 0.5) is 4.39 Å². The van der Waals surface area contributed by atoms with Crippen LogP contribution in [0, 0.1) is 5.82 Å². The summed E-state index contributed by atoms with van der Waals surface area (Å²) in [5.41, 5.74) is 1.09. The quantitative estimate of drug-likeness (QED) is 0.643. The minimum atomic E-state index is -0.533. The molecular formula is C20H14ClFN2O2. The number of carbonyl (C=O) groups excluding carboxylic acids is 2. The number of nitrogens with zero attached hydrogens (tertiary/aromatic N) is 2. The highest BCUT2D eigenvalue weighted by Gasteiger charge is 2.25. The average molecular weight is 369 g/mol. The van der Waals surface area contributed by atoms with Gasteiger partial charge >= 0.3 is 0 Å². The third-order valence-electron chi connectivity index (χ3n) is 3.72. The molecule has 3 aromatic rings. The molecule has 0 aliphatic rings. The number of aromatic nitrogens is 1. The molecule has 0 saturated carbocycles. The molecule has 4 nitrogen and oxygen atoms in total. The van der Waals surface area contributed by atoms with E-state index in [1.165, 1.54) is 36.5 Å². The van der Waals surface area contributed by atoms with Gasteiger partial charge in [-0.1, -0.05) is 29.8 Å². The molecule has 0 fully saturated rings. The number of amides is 2. The van der Waals surface area contributed by atoms with Crippen LogP contribution >= 0.6 is 11.6 Å². The fourth-order valence-electron chi connectivity index (χ4n) is 2.38. The third kappa shape index (κ3) is 4.13. The molecule has 0 aliphatic carbocycles. The molecular weight excluding hydrogens is 355 g/mol. The van der Waals surface area contributed by atoms with Gasteiger partial charge in [0, 0.05) is 16.8 Å². The zero-order valence-corrected chi connectivity index (χ0v) is 14.4. The summed E-state index contributed by atoms with van der Waals surface area (Å²) in [6.45, 7) is -0.00283. The zero-order chi connectivity index (χ0) is 18.5. The Hall–Kier alpha value is -3.05. The van der Waals surface area contributed by atoms with Crippen LogP contribution in [0.5, 0.6) is 0 Å². The lowest BCUT2D eigenvalue weighted by Crippen LogP contribution is -2.36. The SMILES string of the molecule is O=C(c1ccc(Cl)cc1)N(Cc1ccc(F)cc1)C(=O)c1ccccn1. The lowest BCUT2D eigenvalue weighted by Gasteiger charge is -2.21. The number of halogens is 2. The van der Waals surface area contributed by atoms with E-state index < -0.39 is 11.8 Å². The normalized spacial score (nSPS) is 10.4. The van der Waals surface area contributed by atoms with Crippen molar-refractivity contribution in [2.24, 2.45) is 0 Å². The van der Waals surface area contributed by atoms with Crippen molar-refractivity contribution >= 4 is 23.4 Å². The van der Waals surface area contributed by atoms with Crippen molar-refractivity contribution in [2.45, 2.75) is 6.54 Å². The highest BCUT2D eigenvalue weighted by atomic mass is 35.5. The zero-order valence-electron chi connectivity index (χ0n) is 13.6. The molecule has 0 unspecified atom stereocenters. The van der Waals surface area contributed by atoms with Crippen LogP contribution in [-0.4, -0.2) is 21.7 Å². The molecule has 0 atom stereocenters. The molecule has 26 heavy (non-hydrogen) atoms. The van der Waals surface area contributed by atoms with E-state index in [0.717, 1.165) is 4.90 Å². The predicted molar refractivity (Wildman–Crippen MR) is 96.3 cm³/mol. The molecule has 2 aromatic carbocycles. The standard InChI is InChI=1S/C20H14ClFN2O2/c21-16-8-6-15(7-9-16)19(25)24(13-14-4-10-17(22)11-5-14)20(26)18-3-1-2-12-23-18/h1-12H,13H2. The van der Waals surface area contributed by atoms with Crippen LogP contribution in [0.3, 0.4) is 0 Å². The molecule has 0 radical (unpaired) electrons. The Morgan fingerprint density at radius 1 is 0.923 bits per heavy atom. The van der Waals surface area contributed by atoms with Crippen molar-refractivity contribution in [1.29, 1.82) is 0 Å². The van der Waals surface area contributed by atoms with Crippen molar-refractivity contribution in [3.8, 4) is 0 Å². The first-order valence-corrected chi connectivity index (χ1v) is 8.19. The highest BCUT2D eigenvalue weighted by Crippen LogP contribution is 2.16. The number of benzene rings is 2. The molecule has 1 heterocycles. The van der Waals surface area contributed by atoms with E-state index in [0.29, 0.717) is 16.1 Å². The van der Waals surface area contributed by atoms with Crippen LogP contribution in [0.15, 0.2) is 72.9 Å². The topological polar surface area (TPSA) is 50.3 Å². The fraction of sp³-hybridized carbons (Fsp3) is 0.0500. The van der Waals surface area contributed by atoms with Crippen LogP contribution in [0.2, 0.25) is 5.02 Å². The minimum absolute atomic E-state index is 0.00283. The first-order valence-electron chi connectivity index (χ1n) is 7.82. The minimum Gasteiger partial charge on any atom is -0.269 e. The molecule has 0 aliphatic heterocycles. The highest BCUT2D eigenvalue weighted by molar-refractivity contribution is 6.30. The summed E-state index contributed by atoms with van der Waals surface area (Å²) in [5.74, 6) is -1.41. The fourth-order valence-corrected chi connectivity index (χ4v) is 2.51. The van der Waals surface area contributed by atoms with Gasteiger partial charge in [-0.2, -0.15) is 0 Å². The molecule has 2 amide bonds. The monoisotopic (exact) mass is 368 g/mol. The summed E-state index contributed by atoms with van der Waals surface area (Å²) >= 11 is 5.86. The Labute approximate surface area is 154 Å². The first-order chi connectivity index (χ1) is 12.5. The largest absolute Gasteiger partial charge is 0.279 e. The smallest absolute Gasteiger partial charge is 0.269 e. The Morgan fingerprint density at radius 2 is 1.62 bits per heavy atom. The Balaban J connectivity index is 1.94. The van der Waals surface area contributed by atoms with Gasteiger partial charge in [-0.15, -0.1) is 0 Å². The molecule has 0 saturated heterocycles. The molecule has 0 spiro atoms. The molecule has 0 bridgehead atoms. The van der Waals surface area contributed by atoms with Gasteiger partial charge in [0.05, 0.1) is 6.54 Å².